The molecule has 0 spiro atoms. The van der Waals surface area contributed by atoms with Crippen molar-refractivity contribution in [2.45, 2.75) is 39.8 Å². The number of nitrogens with zero attached hydrogens (tertiary/aromatic N) is 3. The molecule has 1 saturated heterocycles. The summed E-state index contributed by atoms with van der Waals surface area (Å²) in [4.78, 5) is 33.2. The molecule has 188 valence electrons. The molecule has 0 bridgehead atoms. The van der Waals surface area contributed by atoms with E-state index in [1.165, 1.54) is 21.4 Å². The number of rotatable bonds is 9. The largest absolute Gasteiger partial charge is 0.379 e. The highest BCUT2D eigenvalue weighted by Crippen LogP contribution is 2.34. The Balaban J connectivity index is 1.65. The minimum Gasteiger partial charge on any atom is -0.379 e. The van der Waals surface area contributed by atoms with Gasteiger partial charge in [-0.05, 0) is 62.6 Å². The maximum absolute atomic E-state index is 13.5. The van der Waals surface area contributed by atoms with Crippen LogP contribution < -0.4 is 10.9 Å². The normalized spacial score (nSPS) is 15.0. The molecule has 4 rings (SSSR count). The summed E-state index contributed by atoms with van der Waals surface area (Å²) in [5.74, 6) is -0.249. The van der Waals surface area contributed by atoms with Gasteiger partial charge >= 0.3 is 0 Å². The van der Waals surface area contributed by atoms with Crippen molar-refractivity contribution in [3.05, 3.63) is 80.4 Å². The third kappa shape index (κ3) is 5.83. The molecule has 1 N–H and O–H groups in total. The number of pyridine rings is 1. The van der Waals surface area contributed by atoms with Gasteiger partial charge in [0.25, 0.3) is 11.5 Å². The Labute approximate surface area is 218 Å². The van der Waals surface area contributed by atoms with Crippen molar-refractivity contribution in [2.75, 3.05) is 18.5 Å². The fourth-order valence-electron chi connectivity index (χ4n) is 3.71. The van der Waals surface area contributed by atoms with Crippen LogP contribution in [0.5, 0.6) is 0 Å². The van der Waals surface area contributed by atoms with Crippen LogP contribution in [-0.4, -0.2) is 43.8 Å². The van der Waals surface area contributed by atoms with E-state index >= 15 is 0 Å². The highest BCUT2D eigenvalue weighted by molar-refractivity contribution is 8.26. The Morgan fingerprint density at radius 1 is 1.22 bits per heavy atom. The van der Waals surface area contributed by atoms with Crippen molar-refractivity contribution < 1.29 is 13.9 Å². The van der Waals surface area contributed by atoms with Crippen molar-refractivity contribution in [1.29, 1.82) is 0 Å². The topological polar surface area (TPSA) is 75.9 Å². The number of anilines is 1. The lowest BCUT2D eigenvalue weighted by atomic mass is 10.2. The molecule has 3 aromatic rings. The average molecular weight is 527 g/mol. The molecular weight excluding hydrogens is 499 g/mol. The molecular formula is C26H27FN4O3S2. The van der Waals surface area contributed by atoms with Gasteiger partial charge in [0.05, 0.1) is 23.1 Å². The first-order valence-electron chi connectivity index (χ1n) is 11.6. The van der Waals surface area contributed by atoms with Crippen LogP contribution in [0.3, 0.4) is 0 Å². The predicted octanol–water partition coefficient (Wildman–Crippen LogP) is 4.77. The van der Waals surface area contributed by atoms with Crippen LogP contribution in [0.15, 0.2) is 52.3 Å². The number of thioether (sulfide) groups is 1. The summed E-state index contributed by atoms with van der Waals surface area (Å²) < 4.78 is 20.7. The van der Waals surface area contributed by atoms with E-state index in [1.807, 2.05) is 26.8 Å². The Bertz CT molecular complexity index is 1390. The minimum absolute atomic E-state index is 0.142. The maximum Gasteiger partial charge on any atom is 0.267 e. The minimum atomic E-state index is -0.348. The standard InChI is InChI=1S/C26H27FN4O3S2/c1-16(2)34-13-5-11-28-22-20(24(32)30-12-4-6-17(3)23(30)29-22)14-21-25(33)31(26(35)36-21)15-18-7-9-19(27)10-8-18/h4,6-10,12,14,16,28H,5,11,13,15H2,1-3H3. The number of fused-ring (bicyclic) bond motifs is 1. The average Bonchev–Trinajstić information content (AvgIpc) is 3.10. The summed E-state index contributed by atoms with van der Waals surface area (Å²) in [5, 5.41) is 3.25. The van der Waals surface area contributed by atoms with Crippen LogP contribution in [0, 0.1) is 12.7 Å². The summed E-state index contributed by atoms with van der Waals surface area (Å²) in [6, 6.07) is 9.60. The van der Waals surface area contributed by atoms with E-state index in [4.69, 9.17) is 21.9 Å². The first-order valence-corrected chi connectivity index (χ1v) is 12.8. The van der Waals surface area contributed by atoms with Gasteiger partial charge in [-0.2, -0.15) is 0 Å². The monoisotopic (exact) mass is 526 g/mol. The molecule has 1 aliphatic rings. The molecule has 10 heteroatoms. The van der Waals surface area contributed by atoms with Crippen LogP contribution >= 0.6 is 24.0 Å². The van der Waals surface area contributed by atoms with Crippen molar-refractivity contribution in [3.8, 4) is 0 Å². The molecule has 0 unspecified atom stereocenters. The molecule has 3 heterocycles. The molecule has 36 heavy (non-hydrogen) atoms. The van der Waals surface area contributed by atoms with Crippen molar-refractivity contribution in [3.63, 3.8) is 0 Å². The molecule has 1 fully saturated rings. The molecule has 1 amide bonds. The van der Waals surface area contributed by atoms with Gasteiger partial charge in [-0.3, -0.25) is 18.9 Å². The van der Waals surface area contributed by atoms with Gasteiger partial charge in [0, 0.05) is 19.3 Å². The van der Waals surface area contributed by atoms with Crippen LogP contribution in [0.2, 0.25) is 0 Å². The van der Waals surface area contributed by atoms with Gasteiger partial charge in [0.15, 0.2) is 0 Å². The van der Waals surface area contributed by atoms with Crippen LogP contribution in [-0.2, 0) is 16.1 Å². The number of hydrogen-bond acceptors (Lipinski definition) is 7. The first-order chi connectivity index (χ1) is 17.2. The van der Waals surface area contributed by atoms with E-state index in [0.29, 0.717) is 33.8 Å². The van der Waals surface area contributed by atoms with Gasteiger partial charge in [-0.25, -0.2) is 9.37 Å². The third-order valence-electron chi connectivity index (χ3n) is 5.55. The van der Waals surface area contributed by atoms with E-state index in [0.717, 1.165) is 29.3 Å². The second-order valence-electron chi connectivity index (χ2n) is 8.66. The zero-order valence-electron chi connectivity index (χ0n) is 20.3. The SMILES string of the molecule is Cc1cccn2c(=O)c(C=C3SC(=S)N(Cc4ccc(F)cc4)C3=O)c(NCCCOC(C)C)nc12. The van der Waals surface area contributed by atoms with Crippen LogP contribution in [0.1, 0.15) is 37.0 Å². The first kappa shape index (κ1) is 26.0. The Morgan fingerprint density at radius 3 is 2.69 bits per heavy atom. The van der Waals surface area contributed by atoms with E-state index in [1.54, 1.807) is 30.5 Å². The second kappa shape index (κ2) is 11.3. The van der Waals surface area contributed by atoms with E-state index in [9.17, 15) is 14.0 Å². The van der Waals surface area contributed by atoms with E-state index < -0.39 is 0 Å². The Kier molecular flexibility index (Phi) is 8.17. The number of hydrogen-bond donors (Lipinski definition) is 1. The smallest absolute Gasteiger partial charge is 0.267 e. The van der Waals surface area contributed by atoms with Gasteiger partial charge in [-0.1, -0.05) is 42.2 Å². The van der Waals surface area contributed by atoms with Crippen LogP contribution in [0.4, 0.5) is 10.2 Å². The predicted molar refractivity (Wildman–Crippen MR) is 146 cm³/mol. The van der Waals surface area contributed by atoms with Crippen molar-refractivity contribution in [2.24, 2.45) is 0 Å². The van der Waals surface area contributed by atoms with Gasteiger partial charge in [0.1, 0.15) is 21.6 Å². The molecule has 0 saturated carbocycles. The number of aromatic nitrogens is 2. The highest BCUT2D eigenvalue weighted by atomic mass is 32.2. The number of amides is 1. The second-order valence-corrected chi connectivity index (χ2v) is 10.3. The number of ether oxygens (including phenoxy) is 1. The van der Waals surface area contributed by atoms with Gasteiger partial charge < -0.3 is 10.1 Å². The number of carbonyl (C=O) groups excluding carboxylic acids is 1. The van der Waals surface area contributed by atoms with Gasteiger partial charge in [0.2, 0.25) is 0 Å². The number of benzene rings is 1. The number of thiocarbonyl (C=S) groups is 1. The zero-order valence-corrected chi connectivity index (χ0v) is 21.9. The lowest BCUT2D eigenvalue weighted by molar-refractivity contribution is -0.122. The molecule has 2 aromatic heterocycles. The maximum atomic E-state index is 13.5. The highest BCUT2D eigenvalue weighted by Gasteiger charge is 2.32. The molecule has 0 atom stereocenters. The van der Waals surface area contributed by atoms with Crippen molar-refractivity contribution >= 4 is 51.7 Å². The Morgan fingerprint density at radius 2 is 1.97 bits per heavy atom. The third-order valence-corrected chi connectivity index (χ3v) is 6.93. The van der Waals surface area contributed by atoms with Gasteiger partial charge in [-0.15, -0.1) is 0 Å². The number of aryl methyl sites for hydroxylation is 1. The molecule has 0 radical (unpaired) electrons. The van der Waals surface area contributed by atoms with Crippen molar-refractivity contribution in [1.82, 2.24) is 14.3 Å². The fraction of sp³-hybridized carbons (Fsp3) is 0.308. The lowest BCUT2D eigenvalue weighted by Gasteiger charge is -2.14. The zero-order chi connectivity index (χ0) is 25.8. The number of halogens is 1. The summed E-state index contributed by atoms with van der Waals surface area (Å²) >= 11 is 6.57. The molecule has 1 aliphatic heterocycles. The summed E-state index contributed by atoms with van der Waals surface area (Å²) in [7, 11) is 0. The number of carbonyl (C=O) groups is 1. The number of nitrogens with one attached hydrogen (secondary N) is 1. The Hall–Kier alpha value is -3.08. The molecule has 1 aromatic carbocycles. The summed E-state index contributed by atoms with van der Waals surface area (Å²) in [5.41, 5.74) is 2.16. The summed E-state index contributed by atoms with van der Waals surface area (Å²) in [6.07, 6.45) is 4.09. The van der Waals surface area contributed by atoms with E-state index in [2.05, 4.69) is 5.32 Å². The molecule has 0 aliphatic carbocycles. The van der Waals surface area contributed by atoms with E-state index in [-0.39, 0.29) is 35.5 Å². The fourth-order valence-corrected chi connectivity index (χ4v) is 4.95. The lowest BCUT2D eigenvalue weighted by Crippen LogP contribution is -2.27. The van der Waals surface area contributed by atoms with Crippen LogP contribution in [0.25, 0.3) is 11.7 Å². The molecule has 7 nitrogen and oxygen atoms in total. The quantitative estimate of drug-likeness (QED) is 0.245. The summed E-state index contributed by atoms with van der Waals surface area (Å²) in [6.45, 7) is 7.19.